The Morgan fingerprint density at radius 1 is 1.75 bits per heavy atom. The molecule has 1 rings (SSSR count). The molecule has 66 valence electrons. The van der Waals surface area contributed by atoms with Gasteiger partial charge in [-0.2, -0.15) is 12.6 Å². The first-order valence-corrected chi connectivity index (χ1v) is 4.64. The molecule has 0 spiro atoms. The summed E-state index contributed by atoms with van der Waals surface area (Å²) >= 11 is 4.03. The summed E-state index contributed by atoms with van der Waals surface area (Å²) in [6.45, 7) is 2.04. The maximum atomic E-state index is 10.9. The van der Waals surface area contributed by atoms with E-state index in [4.69, 9.17) is 0 Å². The van der Waals surface area contributed by atoms with Gasteiger partial charge in [-0.25, -0.2) is 0 Å². The van der Waals surface area contributed by atoms with E-state index in [1.54, 1.807) is 0 Å². The monoisotopic (exact) mass is 183 g/mol. The van der Waals surface area contributed by atoms with Gasteiger partial charge in [0.05, 0.1) is 0 Å². The van der Waals surface area contributed by atoms with Gasteiger partial charge in [-0.15, -0.1) is 0 Å². The molecule has 1 fully saturated rings. The van der Waals surface area contributed by atoms with Crippen LogP contribution in [-0.4, -0.2) is 11.7 Å². The summed E-state index contributed by atoms with van der Waals surface area (Å²) in [7, 11) is 0. The quantitative estimate of drug-likeness (QED) is 0.624. The second-order valence-electron chi connectivity index (χ2n) is 2.89. The molecule has 3 heteroatoms. The molecule has 0 aromatic carbocycles. The molecule has 1 aliphatic rings. The van der Waals surface area contributed by atoms with E-state index in [-0.39, 0.29) is 5.91 Å². The number of amides is 1. The van der Waals surface area contributed by atoms with Crippen molar-refractivity contribution < 1.29 is 4.79 Å². The molecule has 1 saturated heterocycles. The molecule has 1 N–H and O–H groups in total. The standard InChI is InChI=1S/C9H13NOS/c1-7-6-9(11)10-8(7)4-2-3-5-12/h2-4,7,12H,5-6H2,1H3,(H,10,11). The van der Waals surface area contributed by atoms with Crippen LogP contribution in [0.3, 0.4) is 0 Å². The Morgan fingerprint density at radius 3 is 3.00 bits per heavy atom. The maximum absolute atomic E-state index is 10.9. The van der Waals surface area contributed by atoms with E-state index in [1.807, 2.05) is 25.2 Å². The predicted molar refractivity (Wildman–Crippen MR) is 53.0 cm³/mol. The van der Waals surface area contributed by atoms with Crippen LogP contribution in [0, 0.1) is 5.92 Å². The fraction of sp³-hybridized carbons (Fsp3) is 0.444. The number of carbonyl (C=O) groups excluding carboxylic acids is 1. The van der Waals surface area contributed by atoms with Crippen molar-refractivity contribution in [2.45, 2.75) is 13.3 Å². The van der Waals surface area contributed by atoms with Crippen molar-refractivity contribution in [1.82, 2.24) is 5.32 Å². The van der Waals surface area contributed by atoms with Crippen LogP contribution in [0.2, 0.25) is 0 Å². The Kier molecular flexibility index (Phi) is 3.41. The predicted octanol–water partition coefficient (Wildman–Crippen LogP) is 1.51. The molecule has 0 radical (unpaired) electrons. The van der Waals surface area contributed by atoms with Crippen molar-refractivity contribution in [1.29, 1.82) is 0 Å². The van der Waals surface area contributed by atoms with E-state index >= 15 is 0 Å². The van der Waals surface area contributed by atoms with Crippen molar-refractivity contribution in [3.63, 3.8) is 0 Å². The third-order valence-corrected chi connectivity index (χ3v) is 2.03. The lowest BCUT2D eigenvalue weighted by molar-refractivity contribution is -0.119. The van der Waals surface area contributed by atoms with Gasteiger partial charge in [0.2, 0.25) is 5.91 Å². The number of hydrogen-bond acceptors (Lipinski definition) is 2. The summed E-state index contributed by atoms with van der Waals surface area (Å²) in [4.78, 5) is 10.9. The van der Waals surface area contributed by atoms with Gasteiger partial charge in [-0.05, 0) is 6.08 Å². The van der Waals surface area contributed by atoms with Crippen molar-refractivity contribution in [3.8, 4) is 0 Å². The van der Waals surface area contributed by atoms with Gasteiger partial charge in [-0.1, -0.05) is 19.1 Å². The minimum atomic E-state index is 0.119. The second-order valence-corrected chi connectivity index (χ2v) is 3.25. The van der Waals surface area contributed by atoms with Crippen LogP contribution in [0.5, 0.6) is 0 Å². The summed E-state index contributed by atoms with van der Waals surface area (Å²) in [5.41, 5.74) is 1.01. The molecule has 2 nitrogen and oxygen atoms in total. The zero-order chi connectivity index (χ0) is 8.97. The fourth-order valence-corrected chi connectivity index (χ4v) is 1.28. The Morgan fingerprint density at radius 2 is 2.50 bits per heavy atom. The van der Waals surface area contributed by atoms with Crippen LogP contribution in [-0.2, 0) is 4.79 Å². The molecule has 1 heterocycles. The first-order valence-electron chi connectivity index (χ1n) is 4.01. The molecular formula is C9H13NOS. The minimum Gasteiger partial charge on any atom is -0.329 e. The third kappa shape index (κ3) is 2.41. The van der Waals surface area contributed by atoms with Crippen LogP contribution in [0.25, 0.3) is 0 Å². The number of carbonyl (C=O) groups is 1. The summed E-state index contributed by atoms with van der Waals surface area (Å²) in [5.74, 6) is 1.18. The highest BCUT2D eigenvalue weighted by Gasteiger charge is 2.21. The van der Waals surface area contributed by atoms with E-state index in [1.165, 1.54) is 0 Å². The van der Waals surface area contributed by atoms with Crippen molar-refractivity contribution in [2.75, 3.05) is 5.75 Å². The van der Waals surface area contributed by atoms with Gasteiger partial charge < -0.3 is 5.32 Å². The number of nitrogens with one attached hydrogen (secondary N) is 1. The van der Waals surface area contributed by atoms with Crippen LogP contribution in [0.4, 0.5) is 0 Å². The molecule has 1 unspecified atom stereocenters. The SMILES string of the molecule is CC1CC(=O)NC1=CC=CCS. The van der Waals surface area contributed by atoms with Gasteiger partial charge in [0.1, 0.15) is 0 Å². The summed E-state index contributed by atoms with van der Waals surface area (Å²) in [6.07, 6.45) is 6.41. The molecule has 0 saturated carbocycles. The lowest BCUT2D eigenvalue weighted by atomic mass is 10.1. The number of hydrogen-bond donors (Lipinski definition) is 2. The second kappa shape index (κ2) is 4.36. The lowest BCUT2D eigenvalue weighted by Crippen LogP contribution is -2.11. The van der Waals surface area contributed by atoms with E-state index in [9.17, 15) is 4.79 Å². The highest BCUT2D eigenvalue weighted by molar-refractivity contribution is 7.80. The molecule has 0 aromatic heterocycles. The first kappa shape index (κ1) is 9.39. The van der Waals surface area contributed by atoms with Crippen molar-refractivity contribution in [3.05, 3.63) is 23.9 Å². The topological polar surface area (TPSA) is 29.1 Å². The third-order valence-electron chi connectivity index (χ3n) is 1.82. The smallest absolute Gasteiger partial charge is 0.224 e. The molecular weight excluding hydrogens is 170 g/mol. The highest BCUT2D eigenvalue weighted by Crippen LogP contribution is 2.18. The summed E-state index contributed by atoms with van der Waals surface area (Å²) in [5, 5.41) is 2.81. The van der Waals surface area contributed by atoms with Crippen LogP contribution in [0.1, 0.15) is 13.3 Å². The largest absolute Gasteiger partial charge is 0.329 e. The van der Waals surface area contributed by atoms with Gasteiger partial charge in [-0.3, -0.25) is 4.79 Å². The van der Waals surface area contributed by atoms with Crippen LogP contribution >= 0.6 is 12.6 Å². The normalized spacial score (nSPS) is 27.0. The van der Waals surface area contributed by atoms with E-state index in [0.29, 0.717) is 12.3 Å². The van der Waals surface area contributed by atoms with Gasteiger partial charge in [0, 0.05) is 23.8 Å². The molecule has 12 heavy (non-hydrogen) atoms. The highest BCUT2D eigenvalue weighted by atomic mass is 32.1. The Hall–Kier alpha value is -0.700. The maximum Gasteiger partial charge on any atom is 0.224 e. The Balaban J connectivity index is 2.57. The van der Waals surface area contributed by atoms with Gasteiger partial charge in [0.25, 0.3) is 0 Å². The summed E-state index contributed by atoms with van der Waals surface area (Å²) < 4.78 is 0. The molecule has 0 aliphatic carbocycles. The average Bonchev–Trinajstić information content (AvgIpc) is 2.31. The van der Waals surface area contributed by atoms with E-state index < -0.39 is 0 Å². The number of allylic oxidation sites excluding steroid dienone is 3. The zero-order valence-electron chi connectivity index (χ0n) is 7.08. The minimum absolute atomic E-state index is 0.119. The fourth-order valence-electron chi connectivity index (χ4n) is 1.16. The zero-order valence-corrected chi connectivity index (χ0v) is 7.97. The van der Waals surface area contributed by atoms with Crippen LogP contribution in [0.15, 0.2) is 23.9 Å². The van der Waals surface area contributed by atoms with Crippen molar-refractivity contribution in [2.24, 2.45) is 5.92 Å². The molecule has 1 atom stereocenters. The Labute approximate surface area is 78.1 Å². The molecule has 0 bridgehead atoms. The molecule has 0 aromatic rings. The van der Waals surface area contributed by atoms with E-state index in [2.05, 4.69) is 17.9 Å². The molecule has 1 amide bonds. The van der Waals surface area contributed by atoms with Crippen molar-refractivity contribution >= 4 is 18.5 Å². The van der Waals surface area contributed by atoms with Gasteiger partial charge >= 0.3 is 0 Å². The number of thiol groups is 1. The number of rotatable bonds is 2. The average molecular weight is 183 g/mol. The summed E-state index contributed by atoms with van der Waals surface area (Å²) in [6, 6.07) is 0. The van der Waals surface area contributed by atoms with Gasteiger partial charge in [0.15, 0.2) is 0 Å². The van der Waals surface area contributed by atoms with E-state index in [0.717, 1.165) is 11.4 Å². The molecule has 1 aliphatic heterocycles. The van der Waals surface area contributed by atoms with Crippen LogP contribution < -0.4 is 5.32 Å². The Bertz CT molecular complexity index is 233. The first-order chi connectivity index (χ1) is 5.74. The lowest BCUT2D eigenvalue weighted by Gasteiger charge is -1.99.